The summed E-state index contributed by atoms with van der Waals surface area (Å²) in [6.07, 6.45) is 4.04. The fourth-order valence-corrected chi connectivity index (χ4v) is 1.53. The molecule has 1 aliphatic rings. The average molecular weight is 124 g/mol. The molecule has 1 fully saturated rings. The molecule has 0 bridgehead atoms. The van der Waals surface area contributed by atoms with E-state index < -0.39 is 0 Å². The van der Waals surface area contributed by atoms with Crippen molar-refractivity contribution in [2.75, 3.05) is 0 Å². The molecule has 0 spiro atoms. The molecular weight excluding hydrogens is 108 g/mol. The third-order valence-corrected chi connectivity index (χ3v) is 2.65. The summed E-state index contributed by atoms with van der Waals surface area (Å²) in [5, 5.41) is 0. The fraction of sp³-hybridized carbons (Fsp3) is 0.778. The summed E-state index contributed by atoms with van der Waals surface area (Å²) in [5.41, 5.74) is 1.47. The second kappa shape index (κ2) is 2.55. The van der Waals surface area contributed by atoms with Gasteiger partial charge in [0, 0.05) is 0 Å². The zero-order valence-corrected chi connectivity index (χ0v) is 6.48. The van der Waals surface area contributed by atoms with Gasteiger partial charge in [0.05, 0.1) is 0 Å². The minimum Gasteiger partial charge on any atom is -0.0996 e. The van der Waals surface area contributed by atoms with Crippen molar-refractivity contribution in [1.29, 1.82) is 0 Å². The van der Waals surface area contributed by atoms with Gasteiger partial charge in [0.15, 0.2) is 0 Å². The lowest BCUT2D eigenvalue weighted by atomic mass is 9.79. The van der Waals surface area contributed by atoms with Crippen LogP contribution in [0.5, 0.6) is 0 Å². The maximum absolute atomic E-state index is 4.05. The van der Waals surface area contributed by atoms with E-state index >= 15 is 0 Å². The topological polar surface area (TPSA) is 0 Å². The van der Waals surface area contributed by atoms with Crippen LogP contribution in [0.4, 0.5) is 0 Å². The van der Waals surface area contributed by atoms with E-state index in [1.807, 2.05) is 0 Å². The third-order valence-electron chi connectivity index (χ3n) is 2.65. The van der Waals surface area contributed by atoms with Gasteiger partial charge in [0.25, 0.3) is 0 Å². The van der Waals surface area contributed by atoms with Crippen molar-refractivity contribution in [3.63, 3.8) is 0 Å². The molecule has 0 aromatic carbocycles. The molecule has 2 atom stereocenters. The van der Waals surface area contributed by atoms with Gasteiger partial charge in [-0.2, -0.15) is 0 Å². The van der Waals surface area contributed by atoms with E-state index in [0.29, 0.717) is 0 Å². The first-order valence-electron chi connectivity index (χ1n) is 3.89. The van der Waals surface area contributed by atoms with Crippen LogP contribution in [0.1, 0.15) is 33.1 Å². The number of allylic oxidation sites excluding steroid dienone is 1. The summed E-state index contributed by atoms with van der Waals surface area (Å²) >= 11 is 0. The first-order chi connectivity index (χ1) is 4.22. The number of hydrogen-bond donors (Lipinski definition) is 0. The third kappa shape index (κ3) is 1.35. The summed E-state index contributed by atoms with van der Waals surface area (Å²) in [4.78, 5) is 0. The van der Waals surface area contributed by atoms with Crippen molar-refractivity contribution < 1.29 is 0 Å². The van der Waals surface area contributed by atoms with Crippen LogP contribution in [-0.4, -0.2) is 0 Å². The second-order valence-electron chi connectivity index (χ2n) is 3.32. The molecule has 9 heavy (non-hydrogen) atoms. The highest BCUT2D eigenvalue weighted by Gasteiger charge is 2.19. The first-order valence-corrected chi connectivity index (χ1v) is 3.89. The predicted octanol–water partition coefficient (Wildman–Crippen LogP) is 3.00. The van der Waals surface area contributed by atoms with Gasteiger partial charge >= 0.3 is 0 Å². The monoisotopic (exact) mass is 124 g/mol. The van der Waals surface area contributed by atoms with Crippen LogP contribution >= 0.6 is 0 Å². The maximum Gasteiger partial charge on any atom is -0.0209 e. The van der Waals surface area contributed by atoms with Crippen LogP contribution in [0.15, 0.2) is 12.2 Å². The lowest BCUT2D eigenvalue weighted by Gasteiger charge is -2.27. The van der Waals surface area contributed by atoms with E-state index in [0.717, 1.165) is 11.8 Å². The standard InChI is InChI=1S/C9H16/c1-7-5-4-6-8(2)9(7)3/h8-9H,1,4-6H2,2-3H3/t8?,9-/m0/s1. The normalized spacial score (nSPS) is 36.9. The van der Waals surface area contributed by atoms with Gasteiger partial charge in [-0.1, -0.05) is 26.0 Å². The number of hydrogen-bond acceptors (Lipinski definition) is 0. The smallest absolute Gasteiger partial charge is 0.0209 e. The van der Waals surface area contributed by atoms with E-state index in [2.05, 4.69) is 20.4 Å². The summed E-state index contributed by atoms with van der Waals surface area (Å²) in [6.45, 7) is 8.67. The van der Waals surface area contributed by atoms with Crippen molar-refractivity contribution in [1.82, 2.24) is 0 Å². The minimum absolute atomic E-state index is 0.777. The molecule has 0 saturated heterocycles. The summed E-state index contributed by atoms with van der Waals surface area (Å²) in [7, 11) is 0. The van der Waals surface area contributed by atoms with Crippen LogP contribution in [0.3, 0.4) is 0 Å². The summed E-state index contributed by atoms with van der Waals surface area (Å²) < 4.78 is 0. The molecule has 52 valence electrons. The predicted molar refractivity (Wildman–Crippen MR) is 41.3 cm³/mol. The Bertz CT molecular complexity index is 113. The SMILES string of the molecule is C=C1CCCC(C)[C@H]1C. The van der Waals surface area contributed by atoms with Crippen molar-refractivity contribution >= 4 is 0 Å². The molecule has 0 aromatic heterocycles. The van der Waals surface area contributed by atoms with Gasteiger partial charge in [0.2, 0.25) is 0 Å². The lowest BCUT2D eigenvalue weighted by Crippen LogP contribution is -2.15. The molecule has 0 aromatic rings. The van der Waals surface area contributed by atoms with Crippen LogP contribution < -0.4 is 0 Å². The quantitative estimate of drug-likeness (QED) is 0.435. The number of rotatable bonds is 0. The average Bonchev–Trinajstić information content (AvgIpc) is 1.83. The highest BCUT2D eigenvalue weighted by atomic mass is 14.2. The van der Waals surface area contributed by atoms with Crippen molar-refractivity contribution in [3.8, 4) is 0 Å². The Morgan fingerprint density at radius 1 is 1.44 bits per heavy atom. The van der Waals surface area contributed by atoms with Crippen LogP contribution in [0.25, 0.3) is 0 Å². The molecule has 1 aliphatic carbocycles. The van der Waals surface area contributed by atoms with E-state index in [4.69, 9.17) is 0 Å². The minimum atomic E-state index is 0.777. The maximum atomic E-state index is 4.05. The van der Waals surface area contributed by atoms with Gasteiger partial charge in [0.1, 0.15) is 0 Å². The highest BCUT2D eigenvalue weighted by Crippen LogP contribution is 2.32. The Kier molecular flexibility index (Phi) is 1.94. The second-order valence-corrected chi connectivity index (χ2v) is 3.32. The van der Waals surface area contributed by atoms with E-state index in [1.165, 1.54) is 24.8 Å². The molecule has 1 saturated carbocycles. The fourth-order valence-electron chi connectivity index (χ4n) is 1.53. The molecule has 0 N–H and O–H groups in total. The van der Waals surface area contributed by atoms with Crippen molar-refractivity contribution in [2.24, 2.45) is 11.8 Å². The zero-order chi connectivity index (χ0) is 6.85. The van der Waals surface area contributed by atoms with Crippen molar-refractivity contribution in [3.05, 3.63) is 12.2 Å². The van der Waals surface area contributed by atoms with Crippen LogP contribution in [0.2, 0.25) is 0 Å². The summed E-state index contributed by atoms with van der Waals surface area (Å²) in [6, 6.07) is 0. The lowest BCUT2D eigenvalue weighted by molar-refractivity contribution is 0.351. The highest BCUT2D eigenvalue weighted by molar-refractivity contribution is 5.03. The Labute approximate surface area is 58.0 Å². The van der Waals surface area contributed by atoms with Crippen molar-refractivity contribution in [2.45, 2.75) is 33.1 Å². The molecule has 0 radical (unpaired) electrons. The van der Waals surface area contributed by atoms with E-state index in [-0.39, 0.29) is 0 Å². The summed E-state index contributed by atoms with van der Waals surface area (Å²) in [5.74, 6) is 1.66. The van der Waals surface area contributed by atoms with E-state index in [9.17, 15) is 0 Å². The Balaban J connectivity index is 2.51. The molecule has 0 heteroatoms. The van der Waals surface area contributed by atoms with Gasteiger partial charge in [-0.05, 0) is 31.1 Å². The first kappa shape index (κ1) is 6.85. The Morgan fingerprint density at radius 3 is 2.56 bits per heavy atom. The molecule has 0 amide bonds. The zero-order valence-electron chi connectivity index (χ0n) is 6.48. The van der Waals surface area contributed by atoms with E-state index in [1.54, 1.807) is 0 Å². The van der Waals surface area contributed by atoms with Gasteiger partial charge in [-0.25, -0.2) is 0 Å². The molecule has 0 aliphatic heterocycles. The van der Waals surface area contributed by atoms with Gasteiger partial charge in [-0.15, -0.1) is 0 Å². The Hall–Kier alpha value is -0.260. The van der Waals surface area contributed by atoms with Crippen LogP contribution in [-0.2, 0) is 0 Å². The molecule has 1 rings (SSSR count). The molecule has 0 heterocycles. The molecular formula is C9H16. The molecule has 0 nitrogen and oxygen atoms in total. The van der Waals surface area contributed by atoms with Gasteiger partial charge < -0.3 is 0 Å². The molecule has 1 unspecified atom stereocenters. The van der Waals surface area contributed by atoms with Crippen LogP contribution in [0, 0.1) is 11.8 Å². The van der Waals surface area contributed by atoms with Gasteiger partial charge in [-0.3, -0.25) is 0 Å². The Morgan fingerprint density at radius 2 is 2.11 bits per heavy atom. The largest absolute Gasteiger partial charge is 0.0996 e.